The van der Waals surface area contributed by atoms with E-state index >= 15 is 0 Å². The normalized spacial score (nSPS) is 12.4. The minimum atomic E-state index is -4.42. The van der Waals surface area contributed by atoms with E-state index < -0.39 is 39.6 Å². The van der Waals surface area contributed by atoms with E-state index in [4.69, 9.17) is 13.7 Å². The number of carbonyl (C=O) groups excluding carboxylic acids is 1. The summed E-state index contributed by atoms with van der Waals surface area (Å²) in [6.07, 6.45) is -2.76. The number of fused-ring (bicyclic) bond motifs is 1. The molecule has 6 aromatic rings. The first-order valence-corrected chi connectivity index (χ1v) is 17.0. The van der Waals surface area contributed by atoms with Crippen molar-refractivity contribution in [2.75, 3.05) is 24.2 Å². The van der Waals surface area contributed by atoms with Gasteiger partial charge in [0, 0.05) is 41.0 Å². The van der Waals surface area contributed by atoms with Crippen LogP contribution < -0.4 is 15.4 Å². The monoisotopic (exact) mass is 701 g/mol. The van der Waals surface area contributed by atoms with Crippen molar-refractivity contribution in [2.24, 2.45) is 0 Å². The van der Waals surface area contributed by atoms with Crippen molar-refractivity contribution in [1.82, 2.24) is 10.3 Å². The highest BCUT2D eigenvalue weighted by molar-refractivity contribution is 7.85. The van der Waals surface area contributed by atoms with Gasteiger partial charge in [-0.05, 0) is 71.3 Å². The third kappa shape index (κ3) is 8.67. The Bertz CT molecular complexity index is 2150. The van der Waals surface area contributed by atoms with Crippen LogP contribution in [0.4, 0.5) is 18.9 Å². The Morgan fingerprint density at radius 3 is 2.14 bits per heavy atom. The lowest BCUT2D eigenvalue weighted by atomic mass is 9.99. The topological polar surface area (TPSA) is 131 Å². The predicted octanol–water partition coefficient (Wildman–Crippen LogP) is 8.03. The molecule has 256 valence electrons. The predicted molar refractivity (Wildman–Crippen MR) is 183 cm³/mol. The Labute approximate surface area is 285 Å². The van der Waals surface area contributed by atoms with E-state index in [0.717, 1.165) is 39.8 Å². The van der Waals surface area contributed by atoms with Crippen LogP contribution in [0, 0.1) is 0 Å². The van der Waals surface area contributed by atoms with Crippen molar-refractivity contribution in [3.05, 3.63) is 138 Å². The third-order valence-corrected chi connectivity index (χ3v) is 8.56. The maximum absolute atomic E-state index is 13.1. The van der Waals surface area contributed by atoms with Crippen LogP contribution in [-0.4, -0.2) is 42.8 Å². The zero-order valence-electron chi connectivity index (χ0n) is 26.2. The molecule has 0 aliphatic rings. The molecule has 50 heavy (non-hydrogen) atoms. The molecular weight excluding hydrogens is 671 g/mol. The van der Waals surface area contributed by atoms with E-state index in [1.807, 2.05) is 60.7 Å². The number of anilines is 1. The van der Waals surface area contributed by atoms with Crippen LogP contribution in [-0.2, 0) is 16.3 Å². The van der Waals surface area contributed by atoms with Crippen LogP contribution in [0.3, 0.4) is 0 Å². The largest absolute Gasteiger partial charge is 0.475 e. The van der Waals surface area contributed by atoms with E-state index in [1.54, 1.807) is 36.5 Å². The lowest BCUT2D eigenvalue weighted by molar-refractivity contribution is -0.137. The Morgan fingerprint density at radius 2 is 1.52 bits per heavy atom. The lowest BCUT2D eigenvalue weighted by Gasteiger charge is -2.21. The molecule has 0 fully saturated rings. The molecule has 1 atom stereocenters. The number of alkyl halides is 3. The molecule has 0 aliphatic carbocycles. The first kappa shape index (κ1) is 34.2. The fourth-order valence-electron chi connectivity index (χ4n) is 5.20. The molecule has 0 aliphatic heterocycles. The second kappa shape index (κ2) is 14.4. The summed E-state index contributed by atoms with van der Waals surface area (Å²) in [5.74, 6) is -0.0607. The summed E-state index contributed by atoms with van der Waals surface area (Å²) in [5.41, 5.74) is 3.93. The number of hydrogen-bond donors (Lipinski definition) is 3. The van der Waals surface area contributed by atoms with Crippen molar-refractivity contribution >= 4 is 32.7 Å². The summed E-state index contributed by atoms with van der Waals surface area (Å²) in [6, 6.07) is 31.6. The highest BCUT2D eigenvalue weighted by Gasteiger charge is 2.30. The fourth-order valence-corrected chi connectivity index (χ4v) is 5.56. The molecule has 9 nitrogen and oxygen atoms in total. The lowest BCUT2D eigenvalue weighted by Crippen LogP contribution is -2.28. The van der Waals surface area contributed by atoms with Crippen LogP contribution in [0.2, 0.25) is 0 Å². The van der Waals surface area contributed by atoms with Gasteiger partial charge in [-0.25, -0.2) is 4.98 Å². The van der Waals surface area contributed by atoms with Crippen molar-refractivity contribution in [3.63, 3.8) is 0 Å². The molecule has 6 rings (SSSR count). The SMILES string of the molecule is O=C(NCCS(=O)(=O)O)c1ccc(N[C@H](COc2ccc(-c3cc4ccccc4o3)cn2)c2ccc(-c3ccc(C(F)(F)F)cc3)cc2)cc1. The molecule has 2 aromatic heterocycles. The molecular formula is C37H30F3N3O6S. The molecule has 3 N–H and O–H groups in total. The highest BCUT2D eigenvalue weighted by Crippen LogP contribution is 2.32. The van der Waals surface area contributed by atoms with Crippen LogP contribution in [0.15, 0.2) is 126 Å². The minimum absolute atomic E-state index is 0.133. The summed E-state index contributed by atoms with van der Waals surface area (Å²) in [5, 5.41) is 6.82. The van der Waals surface area contributed by atoms with E-state index in [-0.39, 0.29) is 18.7 Å². The summed E-state index contributed by atoms with van der Waals surface area (Å²) < 4.78 is 81.9. The average molecular weight is 702 g/mol. The van der Waals surface area contributed by atoms with Crippen LogP contribution >= 0.6 is 0 Å². The maximum Gasteiger partial charge on any atom is 0.416 e. The van der Waals surface area contributed by atoms with E-state index in [9.17, 15) is 26.4 Å². The number of pyridine rings is 1. The first-order chi connectivity index (χ1) is 23.9. The number of nitrogens with one attached hydrogen (secondary N) is 2. The molecule has 0 radical (unpaired) electrons. The van der Waals surface area contributed by atoms with Gasteiger partial charge in [-0.2, -0.15) is 21.6 Å². The van der Waals surface area contributed by atoms with Gasteiger partial charge in [0.25, 0.3) is 16.0 Å². The number of ether oxygens (including phenoxy) is 1. The molecule has 0 spiro atoms. The van der Waals surface area contributed by atoms with Crippen molar-refractivity contribution in [3.8, 4) is 28.3 Å². The highest BCUT2D eigenvalue weighted by atomic mass is 32.2. The Balaban J connectivity index is 1.18. The maximum atomic E-state index is 13.1. The summed E-state index contributed by atoms with van der Waals surface area (Å²) >= 11 is 0. The van der Waals surface area contributed by atoms with Gasteiger partial charge in [0.1, 0.15) is 18.0 Å². The van der Waals surface area contributed by atoms with Gasteiger partial charge in [0.05, 0.1) is 17.4 Å². The van der Waals surface area contributed by atoms with Crippen molar-refractivity contribution < 1.29 is 40.1 Å². The minimum Gasteiger partial charge on any atom is -0.475 e. The van der Waals surface area contributed by atoms with Crippen LogP contribution in [0.1, 0.15) is 27.5 Å². The second-order valence-corrected chi connectivity index (χ2v) is 12.9. The molecule has 1 amide bonds. The van der Waals surface area contributed by atoms with Gasteiger partial charge in [0.2, 0.25) is 5.88 Å². The number of rotatable bonds is 12. The quantitative estimate of drug-likeness (QED) is 0.109. The molecule has 0 saturated carbocycles. The Kier molecular flexibility index (Phi) is 9.88. The molecule has 0 saturated heterocycles. The van der Waals surface area contributed by atoms with E-state index in [2.05, 4.69) is 15.6 Å². The Morgan fingerprint density at radius 1 is 0.860 bits per heavy atom. The number of furan rings is 1. The van der Waals surface area contributed by atoms with Gasteiger partial charge in [-0.15, -0.1) is 0 Å². The fraction of sp³-hybridized carbons (Fsp3) is 0.135. The van der Waals surface area contributed by atoms with Gasteiger partial charge >= 0.3 is 6.18 Å². The van der Waals surface area contributed by atoms with Crippen molar-refractivity contribution in [1.29, 1.82) is 0 Å². The standard InChI is InChI=1S/C37H30F3N3O6S/c38-37(39,40)30-14-9-25(10-15-30)24-5-7-26(8-6-24)32(43-31-16-11-27(12-17-31)36(44)41-19-20-50(45,46)47)23-48-35-18-13-29(22-42-35)34-21-28-3-1-2-4-33(28)49-34/h1-18,21-22,32,43H,19-20,23H2,(H,41,44)(H,45,46,47)/t32-/m1/s1. The molecule has 0 bridgehead atoms. The van der Waals surface area contributed by atoms with Gasteiger partial charge < -0.3 is 19.8 Å². The number of amides is 1. The van der Waals surface area contributed by atoms with Gasteiger partial charge in [-0.3, -0.25) is 9.35 Å². The summed E-state index contributed by atoms with van der Waals surface area (Å²) in [6.45, 7) is -0.110. The molecule has 4 aromatic carbocycles. The number of carbonyl (C=O) groups is 1. The number of aromatic nitrogens is 1. The third-order valence-electron chi connectivity index (χ3n) is 7.84. The van der Waals surface area contributed by atoms with E-state index in [1.165, 1.54) is 12.1 Å². The average Bonchev–Trinajstić information content (AvgIpc) is 3.54. The Hall–Kier alpha value is -5.66. The van der Waals surface area contributed by atoms with Crippen molar-refractivity contribution in [2.45, 2.75) is 12.2 Å². The van der Waals surface area contributed by atoms with E-state index in [0.29, 0.717) is 22.9 Å². The second-order valence-electron chi connectivity index (χ2n) is 11.4. The van der Waals surface area contributed by atoms with Crippen LogP contribution in [0.5, 0.6) is 5.88 Å². The summed E-state index contributed by atoms with van der Waals surface area (Å²) in [4.78, 5) is 16.9. The number of para-hydroxylation sites is 1. The van der Waals surface area contributed by atoms with Gasteiger partial charge in [-0.1, -0.05) is 54.6 Å². The zero-order chi connectivity index (χ0) is 35.3. The number of hydrogen-bond acceptors (Lipinski definition) is 7. The molecule has 13 heteroatoms. The molecule has 0 unspecified atom stereocenters. The number of nitrogens with zero attached hydrogens (tertiary/aromatic N) is 1. The number of benzene rings is 4. The molecule has 2 heterocycles. The number of halogens is 3. The summed E-state index contributed by atoms with van der Waals surface area (Å²) in [7, 11) is -4.21. The van der Waals surface area contributed by atoms with Crippen LogP contribution in [0.25, 0.3) is 33.4 Å². The van der Waals surface area contributed by atoms with Gasteiger partial charge in [0.15, 0.2) is 0 Å². The zero-order valence-corrected chi connectivity index (χ0v) is 27.0. The first-order valence-electron chi connectivity index (χ1n) is 15.4. The smallest absolute Gasteiger partial charge is 0.416 e.